The van der Waals surface area contributed by atoms with Crippen molar-refractivity contribution in [3.05, 3.63) is 0 Å². The Balaban J connectivity index is 2.51. The van der Waals surface area contributed by atoms with Crippen LogP contribution in [-0.4, -0.2) is 17.2 Å². The molecule has 1 rings (SSSR count). The van der Waals surface area contributed by atoms with E-state index < -0.39 is 6.23 Å². The number of rotatable bonds is 0. The normalized spacial score (nSPS) is 37.5. The largest absolute Gasteiger partial charge is 0.373 e. The summed E-state index contributed by atoms with van der Waals surface area (Å²) in [6, 6.07) is 0. The van der Waals surface area contributed by atoms with Crippen LogP contribution in [0.2, 0.25) is 0 Å². The summed E-state index contributed by atoms with van der Waals surface area (Å²) < 4.78 is 0. The van der Waals surface area contributed by atoms with Crippen LogP contribution in [-0.2, 0) is 4.79 Å². The maximum absolute atomic E-state index is 10.4. The Labute approximate surface area is 47.7 Å². The van der Waals surface area contributed by atoms with E-state index in [4.69, 9.17) is 5.11 Å². The molecule has 0 aromatic carbocycles. The molecule has 1 heterocycles. The van der Waals surface area contributed by atoms with E-state index in [1.165, 1.54) is 0 Å². The molecule has 1 aliphatic heterocycles. The molecule has 2 unspecified atom stereocenters. The molecule has 0 aliphatic carbocycles. The number of amides is 1. The van der Waals surface area contributed by atoms with Gasteiger partial charge in [0.25, 0.3) is 0 Å². The molecule has 1 fully saturated rings. The Bertz CT molecular complexity index is 101. The summed E-state index contributed by atoms with van der Waals surface area (Å²) in [6.45, 7) is 1.84. The highest BCUT2D eigenvalue weighted by molar-refractivity contribution is 5.78. The zero-order valence-electron chi connectivity index (χ0n) is 4.72. The summed E-state index contributed by atoms with van der Waals surface area (Å²) in [7, 11) is 0. The van der Waals surface area contributed by atoms with E-state index >= 15 is 0 Å². The minimum absolute atomic E-state index is 0.0509. The van der Waals surface area contributed by atoms with Gasteiger partial charge >= 0.3 is 0 Å². The average Bonchev–Trinajstić information content (AvgIpc) is 1.85. The van der Waals surface area contributed by atoms with Crippen molar-refractivity contribution in [3.63, 3.8) is 0 Å². The minimum atomic E-state index is -0.609. The van der Waals surface area contributed by atoms with Gasteiger partial charge in [0, 0.05) is 12.3 Å². The zero-order chi connectivity index (χ0) is 6.15. The monoisotopic (exact) mass is 115 g/mol. The lowest BCUT2D eigenvalue weighted by atomic mass is 10.1. The van der Waals surface area contributed by atoms with E-state index in [2.05, 4.69) is 5.32 Å². The molecule has 0 bridgehead atoms. The lowest BCUT2D eigenvalue weighted by Gasteiger charge is -2.03. The third-order valence-corrected chi connectivity index (χ3v) is 1.36. The van der Waals surface area contributed by atoms with Crippen LogP contribution < -0.4 is 5.32 Å². The zero-order valence-corrected chi connectivity index (χ0v) is 4.72. The van der Waals surface area contributed by atoms with Gasteiger partial charge in [-0.2, -0.15) is 0 Å². The number of aliphatic hydroxyl groups is 1. The van der Waals surface area contributed by atoms with Crippen molar-refractivity contribution >= 4 is 5.91 Å². The molecule has 0 spiro atoms. The van der Waals surface area contributed by atoms with Gasteiger partial charge < -0.3 is 10.4 Å². The van der Waals surface area contributed by atoms with Crippen molar-refractivity contribution in [3.8, 4) is 0 Å². The lowest BCUT2D eigenvalue weighted by molar-refractivity contribution is -0.120. The molecule has 8 heavy (non-hydrogen) atoms. The van der Waals surface area contributed by atoms with E-state index in [0.717, 1.165) is 0 Å². The number of carbonyl (C=O) groups excluding carboxylic acids is 1. The van der Waals surface area contributed by atoms with Gasteiger partial charge in [0.15, 0.2) is 0 Å². The second-order valence-electron chi connectivity index (χ2n) is 2.19. The molecule has 2 N–H and O–H groups in total. The molecule has 1 saturated heterocycles. The van der Waals surface area contributed by atoms with Crippen molar-refractivity contribution < 1.29 is 9.90 Å². The third kappa shape index (κ3) is 0.816. The minimum Gasteiger partial charge on any atom is -0.373 e. The maximum Gasteiger partial charge on any atom is 0.222 e. The summed E-state index contributed by atoms with van der Waals surface area (Å²) in [6.07, 6.45) is -0.149. The fraction of sp³-hybridized carbons (Fsp3) is 0.800. The molecule has 3 heteroatoms. The topological polar surface area (TPSA) is 49.3 Å². The molecule has 0 aromatic heterocycles. The first-order valence-corrected chi connectivity index (χ1v) is 2.67. The quantitative estimate of drug-likeness (QED) is 0.445. The number of nitrogens with one attached hydrogen (secondary N) is 1. The SMILES string of the molecule is CC1CC(=O)NC1O. The molecule has 3 nitrogen and oxygen atoms in total. The third-order valence-electron chi connectivity index (χ3n) is 1.36. The highest BCUT2D eigenvalue weighted by Crippen LogP contribution is 2.11. The summed E-state index contributed by atoms with van der Waals surface area (Å²) in [5, 5.41) is 11.2. The van der Waals surface area contributed by atoms with E-state index in [1.807, 2.05) is 6.92 Å². The summed E-state index contributed by atoms with van der Waals surface area (Å²) in [4.78, 5) is 10.4. The van der Waals surface area contributed by atoms with Gasteiger partial charge in [-0.3, -0.25) is 4.79 Å². The first kappa shape index (κ1) is 5.56. The van der Waals surface area contributed by atoms with Crippen LogP contribution in [0.25, 0.3) is 0 Å². The molecule has 0 radical (unpaired) electrons. The van der Waals surface area contributed by atoms with Crippen LogP contribution in [0.1, 0.15) is 13.3 Å². The number of carbonyl (C=O) groups is 1. The van der Waals surface area contributed by atoms with Gasteiger partial charge in [-0.05, 0) is 0 Å². The molecule has 0 aromatic rings. The first-order chi connectivity index (χ1) is 3.70. The van der Waals surface area contributed by atoms with Crippen LogP contribution >= 0.6 is 0 Å². The van der Waals surface area contributed by atoms with Crippen LogP contribution in [0, 0.1) is 5.92 Å². The van der Waals surface area contributed by atoms with Gasteiger partial charge in [-0.15, -0.1) is 0 Å². The van der Waals surface area contributed by atoms with E-state index in [-0.39, 0.29) is 11.8 Å². The van der Waals surface area contributed by atoms with E-state index in [1.54, 1.807) is 0 Å². The Kier molecular flexibility index (Phi) is 1.21. The van der Waals surface area contributed by atoms with Crippen molar-refractivity contribution in [2.45, 2.75) is 19.6 Å². The van der Waals surface area contributed by atoms with Crippen LogP contribution in [0.3, 0.4) is 0 Å². The summed E-state index contributed by atoms with van der Waals surface area (Å²) >= 11 is 0. The first-order valence-electron chi connectivity index (χ1n) is 2.67. The number of hydrogen-bond acceptors (Lipinski definition) is 2. The molecular formula is C5H9NO2. The van der Waals surface area contributed by atoms with Gasteiger partial charge in [0.05, 0.1) is 0 Å². The fourth-order valence-corrected chi connectivity index (χ4v) is 0.770. The Morgan fingerprint density at radius 3 is 2.62 bits per heavy atom. The van der Waals surface area contributed by atoms with E-state index in [9.17, 15) is 4.79 Å². The van der Waals surface area contributed by atoms with Gasteiger partial charge in [0.2, 0.25) is 5.91 Å². The molecule has 46 valence electrons. The predicted molar refractivity (Wildman–Crippen MR) is 27.9 cm³/mol. The van der Waals surface area contributed by atoms with Crippen LogP contribution in [0.4, 0.5) is 0 Å². The highest BCUT2D eigenvalue weighted by Gasteiger charge is 2.25. The molecule has 1 amide bonds. The second kappa shape index (κ2) is 1.74. The molecule has 1 aliphatic rings. The summed E-state index contributed by atoms with van der Waals surface area (Å²) in [5.74, 6) is 0.0347. The predicted octanol–water partition coefficient (Wildman–Crippen LogP) is -0.539. The number of hydrogen-bond donors (Lipinski definition) is 2. The Hall–Kier alpha value is -0.570. The lowest BCUT2D eigenvalue weighted by Crippen LogP contribution is -2.27. The molecule has 0 saturated carbocycles. The Morgan fingerprint density at radius 1 is 1.88 bits per heavy atom. The van der Waals surface area contributed by atoms with Crippen LogP contribution in [0.15, 0.2) is 0 Å². The smallest absolute Gasteiger partial charge is 0.222 e. The van der Waals surface area contributed by atoms with Crippen molar-refractivity contribution in [1.29, 1.82) is 0 Å². The van der Waals surface area contributed by atoms with Crippen molar-refractivity contribution in [2.24, 2.45) is 5.92 Å². The molecule has 2 atom stereocenters. The average molecular weight is 115 g/mol. The second-order valence-corrected chi connectivity index (χ2v) is 2.19. The van der Waals surface area contributed by atoms with Gasteiger partial charge in [-0.1, -0.05) is 6.92 Å². The standard InChI is InChI=1S/C5H9NO2/c1-3-2-4(7)6-5(3)8/h3,5,8H,2H2,1H3,(H,6,7). The van der Waals surface area contributed by atoms with Gasteiger partial charge in [0.1, 0.15) is 6.23 Å². The summed E-state index contributed by atoms with van der Waals surface area (Å²) in [5.41, 5.74) is 0. The highest BCUT2D eigenvalue weighted by atomic mass is 16.3. The van der Waals surface area contributed by atoms with Crippen molar-refractivity contribution in [2.75, 3.05) is 0 Å². The molecular weight excluding hydrogens is 106 g/mol. The fourth-order valence-electron chi connectivity index (χ4n) is 0.770. The maximum atomic E-state index is 10.4. The van der Waals surface area contributed by atoms with Crippen molar-refractivity contribution in [1.82, 2.24) is 5.32 Å². The van der Waals surface area contributed by atoms with Crippen LogP contribution in [0.5, 0.6) is 0 Å². The number of aliphatic hydroxyl groups excluding tert-OH is 1. The van der Waals surface area contributed by atoms with E-state index in [0.29, 0.717) is 6.42 Å². The van der Waals surface area contributed by atoms with Gasteiger partial charge in [-0.25, -0.2) is 0 Å². The Morgan fingerprint density at radius 2 is 2.50 bits per heavy atom.